The van der Waals surface area contributed by atoms with Crippen LogP contribution in [0.1, 0.15) is 0 Å². The van der Waals surface area contributed by atoms with Crippen LogP contribution in [0.25, 0.3) is 17.0 Å². The number of nitrogens with one attached hydrogen (secondary N) is 1. The third kappa shape index (κ3) is 4.04. The van der Waals surface area contributed by atoms with Crippen LogP contribution in [0.5, 0.6) is 5.75 Å². The summed E-state index contributed by atoms with van der Waals surface area (Å²) in [7, 11) is 0. The second kappa shape index (κ2) is 7.43. The number of carbonyl (C=O) groups is 1. The Kier molecular flexibility index (Phi) is 4.67. The van der Waals surface area contributed by atoms with Crippen LogP contribution < -0.4 is 10.1 Å². The first-order valence-electron chi connectivity index (χ1n) is 8.12. The van der Waals surface area contributed by atoms with Crippen molar-refractivity contribution in [2.24, 2.45) is 0 Å². The van der Waals surface area contributed by atoms with E-state index >= 15 is 0 Å². The highest BCUT2D eigenvalue weighted by Crippen LogP contribution is 2.21. The molecule has 0 aliphatic rings. The third-order valence-corrected chi connectivity index (χ3v) is 4.05. The van der Waals surface area contributed by atoms with Crippen molar-refractivity contribution in [3.8, 4) is 17.0 Å². The quantitative estimate of drug-likeness (QED) is 0.574. The van der Waals surface area contributed by atoms with Gasteiger partial charge in [-0.15, -0.1) is 5.10 Å². The van der Waals surface area contributed by atoms with Gasteiger partial charge in [0.2, 0.25) is 0 Å². The van der Waals surface area contributed by atoms with E-state index in [0.717, 1.165) is 11.3 Å². The molecule has 27 heavy (non-hydrogen) atoms. The summed E-state index contributed by atoms with van der Waals surface area (Å²) >= 11 is 5.81. The molecule has 0 saturated carbocycles. The lowest BCUT2D eigenvalue weighted by Gasteiger charge is -2.08. The molecular formula is C19H14ClN5O2. The zero-order valence-electron chi connectivity index (χ0n) is 14.0. The zero-order valence-corrected chi connectivity index (χ0v) is 14.8. The molecule has 2 heterocycles. The number of hydrogen-bond acceptors (Lipinski definition) is 5. The molecule has 4 rings (SSSR count). The number of nitrogens with zero attached hydrogens (tertiary/aromatic N) is 4. The summed E-state index contributed by atoms with van der Waals surface area (Å²) in [6.45, 7) is -0.0888. The Bertz CT molecular complexity index is 1040. The van der Waals surface area contributed by atoms with E-state index in [9.17, 15) is 4.79 Å². The van der Waals surface area contributed by atoms with Crippen LogP contribution >= 0.6 is 11.6 Å². The Labute approximate surface area is 159 Å². The van der Waals surface area contributed by atoms with Gasteiger partial charge in [-0.25, -0.2) is 4.98 Å². The fourth-order valence-electron chi connectivity index (χ4n) is 2.49. The maximum atomic E-state index is 12.0. The van der Waals surface area contributed by atoms with Crippen molar-refractivity contribution in [1.82, 2.24) is 19.6 Å². The topological polar surface area (TPSA) is 81.4 Å². The van der Waals surface area contributed by atoms with Gasteiger partial charge >= 0.3 is 0 Å². The Morgan fingerprint density at radius 3 is 2.63 bits per heavy atom. The maximum Gasteiger partial charge on any atom is 0.262 e. The van der Waals surface area contributed by atoms with Gasteiger partial charge in [0.15, 0.2) is 6.61 Å². The molecule has 7 nitrogen and oxygen atoms in total. The van der Waals surface area contributed by atoms with Crippen LogP contribution in [-0.2, 0) is 4.79 Å². The van der Waals surface area contributed by atoms with Crippen molar-refractivity contribution in [2.45, 2.75) is 0 Å². The summed E-state index contributed by atoms with van der Waals surface area (Å²) in [5, 5.41) is 11.2. The molecule has 0 aliphatic heterocycles. The molecule has 0 spiro atoms. The number of halogens is 1. The standard InChI is InChI=1S/C19H14ClN5O2/c20-14-3-7-16(8-4-14)27-12-18(26)22-15-5-1-13(2-6-15)17-11-25-10-9-21-24-19(25)23-17/h1-11H,12H2,(H,22,26). The first kappa shape index (κ1) is 17.0. The predicted molar refractivity (Wildman–Crippen MR) is 102 cm³/mol. The van der Waals surface area contributed by atoms with E-state index in [0.29, 0.717) is 22.2 Å². The monoisotopic (exact) mass is 379 g/mol. The minimum Gasteiger partial charge on any atom is -0.484 e. The number of rotatable bonds is 5. The van der Waals surface area contributed by atoms with Gasteiger partial charge in [0.25, 0.3) is 11.7 Å². The smallest absolute Gasteiger partial charge is 0.262 e. The van der Waals surface area contributed by atoms with Gasteiger partial charge in [0, 0.05) is 28.7 Å². The predicted octanol–water partition coefficient (Wildman–Crippen LogP) is 3.46. The summed E-state index contributed by atoms with van der Waals surface area (Å²) in [4.78, 5) is 16.4. The number of carbonyl (C=O) groups excluding carboxylic acids is 1. The fourth-order valence-corrected chi connectivity index (χ4v) is 2.62. The second-order valence-corrected chi connectivity index (χ2v) is 6.15. The largest absolute Gasteiger partial charge is 0.484 e. The normalized spacial score (nSPS) is 10.7. The van der Waals surface area contributed by atoms with Crippen molar-refractivity contribution in [3.63, 3.8) is 0 Å². The molecule has 1 amide bonds. The van der Waals surface area contributed by atoms with Crippen LogP contribution in [0.2, 0.25) is 5.02 Å². The van der Waals surface area contributed by atoms with Crippen LogP contribution in [-0.4, -0.2) is 32.1 Å². The van der Waals surface area contributed by atoms with Crippen molar-refractivity contribution in [1.29, 1.82) is 0 Å². The number of aromatic nitrogens is 4. The third-order valence-electron chi connectivity index (χ3n) is 3.80. The number of amides is 1. The number of fused-ring (bicyclic) bond motifs is 1. The van der Waals surface area contributed by atoms with Crippen molar-refractivity contribution < 1.29 is 9.53 Å². The molecule has 0 aliphatic carbocycles. The Morgan fingerprint density at radius 2 is 1.89 bits per heavy atom. The number of anilines is 1. The van der Waals surface area contributed by atoms with E-state index in [1.165, 1.54) is 0 Å². The number of hydrogen-bond donors (Lipinski definition) is 1. The number of ether oxygens (including phenoxy) is 1. The Balaban J connectivity index is 1.38. The lowest BCUT2D eigenvalue weighted by molar-refractivity contribution is -0.118. The van der Waals surface area contributed by atoms with Crippen LogP contribution in [0, 0.1) is 0 Å². The summed E-state index contributed by atoms with van der Waals surface area (Å²) in [5.74, 6) is 0.866. The van der Waals surface area contributed by atoms with E-state index in [2.05, 4.69) is 20.5 Å². The number of imidazole rings is 1. The summed E-state index contributed by atoms with van der Waals surface area (Å²) in [5.41, 5.74) is 2.36. The fraction of sp³-hybridized carbons (Fsp3) is 0.0526. The average molecular weight is 380 g/mol. The SMILES string of the molecule is O=C(COc1ccc(Cl)cc1)Nc1ccc(-c2cn3ccnnc3n2)cc1. The molecule has 0 unspecified atom stereocenters. The molecule has 0 bridgehead atoms. The van der Waals surface area contributed by atoms with E-state index in [1.54, 1.807) is 41.1 Å². The highest BCUT2D eigenvalue weighted by atomic mass is 35.5. The highest BCUT2D eigenvalue weighted by Gasteiger charge is 2.07. The first-order chi connectivity index (χ1) is 13.2. The molecule has 0 saturated heterocycles. The average Bonchev–Trinajstić information content (AvgIpc) is 3.12. The number of benzene rings is 2. The van der Waals surface area contributed by atoms with Crippen LogP contribution in [0.3, 0.4) is 0 Å². The zero-order chi connectivity index (χ0) is 18.6. The van der Waals surface area contributed by atoms with Crippen molar-refractivity contribution in [2.75, 3.05) is 11.9 Å². The first-order valence-corrected chi connectivity index (χ1v) is 8.50. The van der Waals surface area contributed by atoms with Gasteiger partial charge < -0.3 is 10.1 Å². The van der Waals surface area contributed by atoms with Gasteiger partial charge in [-0.2, -0.15) is 5.10 Å². The van der Waals surface area contributed by atoms with Crippen LogP contribution in [0.4, 0.5) is 5.69 Å². The van der Waals surface area contributed by atoms with Gasteiger partial charge in [0.1, 0.15) is 5.75 Å². The minimum absolute atomic E-state index is 0.0888. The van der Waals surface area contributed by atoms with E-state index in [4.69, 9.17) is 16.3 Å². The van der Waals surface area contributed by atoms with Gasteiger partial charge in [-0.3, -0.25) is 9.20 Å². The lowest BCUT2D eigenvalue weighted by Crippen LogP contribution is -2.20. The molecule has 2 aromatic heterocycles. The summed E-state index contributed by atoms with van der Waals surface area (Å²) in [6, 6.07) is 14.2. The minimum atomic E-state index is -0.249. The molecule has 134 valence electrons. The van der Waals surface area contributed by atoms with Gasteiger partial charge in [0.05, 0.1) is 11.9 Å². The van der Waals surface area contributed by atoms with Crippen molar-refractivity contribution >= 4 is 29.0 Å². The second-order valence-electron chi connectivity index (χ2n) is 5.72. The molecule has 4 aromatic rings. The molecule has 1 N–H and O–H groups in total. The summed E-state index contributed by atoms with van der Waals surface area (Å²) < 4.78 is 7.22. The molecule has 0 fully saturated rings. The lowest BCUT2D eigenvalue weighted by atomic mass is 10.1. The maximum absolute atomic E-state index is 12.0. The van der Waals surface area contributed by atoms with E-state index in [1.807, 2.05) is 30.5 Å². The van der Waals surface area contributed by atoms with Gasteiger partial charge in [-0.1, -0.05) is 23.7 Å². The van der Waals surface area contributed by atoms with Crippen LogP contribution in [0.15, 0.2) is 67.1 Å². The highest BCUT2D eigenvalue weighted by molar-refractivity contribution is 6.30. The Morgan fingerprint density at radius 1 is 1.11 bits per heavy atom. The molecule has 8 heteroatoms. The molecule has 0 atom stereocenters. The molecular weight excluding hydrogens is 366 g/mol. The Hall–Kier alpha value is -3.45. The van der Waals surface area contributed by atoms with E-state index in [-0.39, 0.29) is 12.5 Å². The molecule has 0 radical (unpaired) electrons. The van der Waals surface area contributed by atoms with Gasteiger partial charge in [-0.05, 0) is 36.4 Å². The van der Waals surface area contributed by atoms with E-state index < -0.39 is 0 Å². The summed E-state index contributed by atoms with van der Waals surface area (Å²) in [6.07, 6.45) is 5.26. The van der Waals surface area contributed by atoms with Crippen molar-refractivity contribution in [3.05, 3.63) is 72.1 Å². The molecule has 2 aromatic carbocycles.